The van der Waals surface area contributed by atoms with Gasteiger partial charge >= 0.3 is 0 Å². The highest BCUT2D eigenvalue weighted by Crippen LogP contribution is 2.46. The van der Waals surface area contributed by atoms with Crippen LogP contribution < -0.4 is 15.0 Å². The van der Waals surface area contributed by atoms with Gasteiger partial charge in [0.05, 0.1) is 18.6 Å². The molecule has 1 saturated heterocycles. The third kappa shape index (κ3) is 4.05. The summed E-state index contributed by atoms with van der Waals surface area (Å²) in [6.07, 6.45) is 0. The summed E-state index contributed by atoms with van der Waals surface area (Å²) in [7, 11) is 1.60. The van der Waals surface area contributed by atoms with E-state index >= 15 is 0 Å². The Morgan fingerprint density at radius 2 is 1.67 bits per heavy atom. The molecule has 0 aromatic heterocycles. The number of methoxy groups -OCH3 is 1. The maximum Gasteiger partial charge on any atom is 0.255 e. The lowest BCUT2D eigenvalue weighted by Crippen LogP contribution is -2.29. The zero-order valence-corrected chi connectivity index (χ0v) is 18.8. The van der Waals surface area contributed by atoms with Crippen LogP contribution in [-0.2, 0) is 4.79 Å². The van der Waals surface area contributed by atoms with Crippen LogP contribution >= 0.6 is 11.8 Å². The molecule has 33 heavy (non-hydrogen) atoms. The van der Waals surface area contributed by atoms with Gasteiger partial charge in [-0.3, -0.25) is 14.5 Å². The van der Waals surface area contributed by atoms with Gasteiger partial charge in [-0.05, 0) is 41.1 Å². The Hall–Kier alpha value is -3.77. The Morgan fingerprint density at radius 1 is 0.939 bits per heavy atom. The van der Waals surface area contributed by atoms with E-state index < -0.39 is 0 Å². The van der Waals surface area contributed by atoms with E-state index in [4.69, 9.17) is 4.74 Å². The van der Waals surface area contributed by atoms with Crippen molar-refractivity contribution >= 4 is 45.7 Å². The quantitative estimate of drug-likeness (QED) is 0.409. The standard InChI is InChI=1S/C27H22N2O3S/c1-32-24-13-7-6-12-23(24)29-25(30)17-33-27(29)21-10-4-5-11-22(21)28-26(31)20-15-14-18-8-2-3-9-19(18)16-20/h2-16,27H,17H2,1H3,(H,28,31)/t27-/m1/s1. The van der Waals surface area contributed by atoms with Crippen LogP contribution in [0.2, 0.25) is 0 Å². The molecule has 1 fully saturated rings. The van der Waals surface area contributed by atoms with E-state index in [1.54, 1.807) is 12.0 Å². The number of carbonyl (C=O) groups excluding carboxylic acids is 2. The predicted molar refractivity (Wildman–Crippen MR) is 134 cm³/mol. The Kier molecular flexibility index (Phi) is 5.75. The van der Waals surface area contributed by atoms with Gasteiger partial charge in [0.1, 0.15) is 11.1 Å². The van der Waals surface area contributed by atoms with Crippen molar-refractivity contribution in [2.75, 3.05) is 23.1 Å². The topological polar surface area (TPSA) is 58.6 Å². The number of amides is 2. The summed E-state index contributed by atoms with van der Waals surface area (Å²) < 4.78 is 5.51. The van der Waals surface area contributed by atoms with E-state index in [1.165, 1.54) is 11.8 Å². The smallest absolute Gasteiger partial charge is 0.255 e. The first kappa shape index (κ1) is 21.1. The first-order valence-corrected chi connectivity index (χ1v) is 11.7. The maximum atomic E-state index is 13.1. The van der Waals surface area contributed by atoms with Crippen LogP contribution in [-0.4, -0.2) is 24.7 Å². The second kappa shape index (κ2) is 9.00. The van der Waals surface area contributed by atoms with E-state index in [1.807, 2.05) is 91.0 Å². The highest BCUT2D eigenvalue weighted by atomic mass is 32.2. The van der Waals surface area contributed by atoms with E-state index in [9.17, 15) is 9.59 Å². The van der Waals surface area contributed by atoms with Crippen molar-refractivity contribution in [1.29, 1.82) is 0 Å². The Morgan fingerprint density at radius 3 is 2.52 bits per heavy atom. The van der Waals surface area contributed by atoms with Gasteiger partial charge in [0.25, 0.3) is 5.91 Å². The number of hydrogen-bond donors (Lipinski definition) is 1. The van der Waals surface area contributed by atoms with Crippen LogP contribution in [0.15, 0.2) is 91.0 Å². The highest BCUT2D eigenvalue weighted by molar-refractivity contribution is 8.00. The van der Waals surface area contributed by atoms with Crippen molar-refractivity contribution in [3.05, 3.63) is 102 Å². The fourth-order valence-electron chi connectivity index (χ4n) is 4.09. The molecule has 164 valence electrons. The van der Waals surface area contributed by atoms with Gasteiger partial charge in [0.15, 0.2) is 0 Å². The second-order valence-electron chi connectivity index (χ2n) is 7.70. The van der Waals surface area contributed by atoms with Crippen molar-refractivity contribution in [2.45, 2.75) is 5.37 Å². The normalized spacial score (nSPS) is 15.6. The monoisotopic (exact) mass is 454 g/mol. The Balaban J connectivity index is 1.48. The molecule has 0 saturated carbocycles. The third-order valence-corrected chi connectivity index (χ3v) is 6.89. The van der Waals surface area contributed by atoms with Crippen molar-refractivity contribution in [2.24, 2.45) is 0 Å². The first-order valence-electron chi connectivity index (χ1n) is 10.6. The average Bonchev–Trinajstić information content (AvgIpc) is 3.24. The minimum absolute atomic E-state index is 0.00478. The number of hydrogen-bond acceptors (Lipinski definition) is 4. The molecule has 0 unspecified atom stereocenters. The fraction of sp³-hybridized carbons (Fsp3) is 0.111. The van der Waals surface area contributed by atoms with Crippen LogP contribution in [0.1, 0.15) is 21.3 Å². The molecule has 1 aliphatic heterocycles. The van der Waals surface area contributed by atoms with Gasteiger partial charge in [0, 0.05) is 16.8 Å². The lowest BCUT2D eigenvalue weighted by atomic mass is 10.1. The van der Waals surface area contributed by atoms with Crippen LogP contribution in [0.25, 0.3) is 10.8 Å². The zero-order chi connectivity index (χ0) is 22.8. The fourth-order valence-corrected chi connectivity index (χ4v) is 5.30. The second-order valence-corrected chi connectivity index (χ2v) is 8.77. The number of fused-ring (bicyclic) bond motifs is 1. The molecular formula is C27H22N2O3S. The summed E-state index contributed by atoms with van der Waals surface area (Å²) in [6.45, 7) is 0. The molecule has 4 aromatic carbocycles. The molecule has 5 nitrogen and oxygen atoms in total. The lowest BCUT2D eigenvalue weighted by molar-refractivity contribution is -0.115. The number of anilines is 2. The number of nitrogens with one attached hydrogen (secondary N) is 1. The largest absolute Gasteiger partial charge is 0.495 e. The number of rotatable bonds is 5. The van der Waals surface area contributed by atoms with Gasteiger partial charge in [-0.15, -0.1) is 11.8 Å². The predicted octanol–water partition coefficient (Wildman–Crippen LogP) is 5.88. The van der Waals surface area contributed by atoms with Crippen molar-refractivity contribution in [3.63, 3.8) is 0 Å². The summed E-state index contributed by atoms with van der Waals surface area (Å²) in [6, 6.07) is 28.7. The molecule has 1 heterocycles. The summed E-state index contributed by atoms with van der Waals surface area (Å²) >= 11 is 1.53. The van der Waals surface area contributed by atoms with E-state index in [0.29, 0.717) is 22.8 Å². The summed E-state index contributed by atoms with van der Waals surface area (Å²) in [5.41, 5.74) is 2.85. The van der Waals surface area contributed by atoms with Gasteiger partial charge in [-0.1, -0.05) is 60.7 Å². The molecule has 5 rings (SSSR count). The molecule has 0 radical (unpaired) electrons. The van der Waals surface area contributed by atoms with E-state index in [0.717, 1.165) is 22.0 Å². The molecule has 4 aromatic rings. The molecule has 1 N–H and O–H groups in total. The van der Waals surface area contributed by atoms with Gasteiger partial charge in [-0.25, -0.2) is 0 Å². The number of para-hydroxylation sites is 3. The SMILES string of the molecule is COc1ccccc1N1C(=O)CS[C@@H]1c1ccccc1NC(=O)c1ccc2ccccc2c1. The Bertz CT molecular complexity index is 1350. The third-order valence-electron chi connectivity index (χ3n) is 5.70. The molecule has 0 bridgehead atoms. The molecule has 1 aliphatic rings. The highest BCUT2D eigenvalue weighted by Gasteiger charge is 2.36. The van der Waals surface area contributed by atoms with Gasteiger partial charge in [-0.2, -0.15) is 0 Å². The average molecular weight is 455 g/mol. The molecule has 1 atom stereocenters. The first-order chi connectivity index (χ1) is 16.2. The minimum Gasteiger partial charge on any atom is -0.495 e. The van der Waals surface area contributed by atoms with Crippen molar-refractivity contribution in [3.8, 4) is 5.75 Å². The van der Waals surface area contributed by atoms with E-state index in [-0.39, 0.29) is 17.2 Å². The number of ether oxygens (including phenoxy) is 1. The molecule has 6 heteroatoms. The summed E-state index contributed by atoms with van der Waals surface area (Å²) in [5, 5.41) is 4.88. The molecule has 0 aliphatic carbocycles. The van der Waals surface area contributed by atoms with Crippen molar-refractivity contribution < 1.29 is 14.3 Å². The molecule has 0 spiro atoms. The van der Waals surface area contributed by atoms with Crippen LogP contribution in [0.3, 0.4) is 0 Å². The van der Waals surface area contributed by atoms with Crippen LogP contribution in [0, 0.1) is 0 Å². The maximum absolute atomic E-state index is 13.1. The molecule has 2 amide bonds. The van der Waals surface area contributed by atoms with Gasteiger partial charge in [0.2, 0.25) is 5.91 Å². The number of thioether (sulfide) groups is 1. The lowest BCUT2D eigenvalue weighted by Gasteiger charge is -2.27. The van der Waals surface area contributed by atoms with Gasteiger partial charge < -0.3 is 10.1 Å². The summed E-state index contributed by atoms with van der Waals surface area (Å²) in [4.78, 5) is 27.7. The number of carbonyl (C=O) groups is 2. The van der Waals surface area contributed by atoms with Crippen molar-refractivity contribution in [1.82, 2.24) is 0 Å². The Labute approximate surface area is 196 Å². The number of nitrogens with zero attached hydrogens (tertiary/aromatic N) is 1. The van der Waals surface area contributed by atoms with Crippen LogP contribution in [0.5, 0.6) is 5.75 Å². The molecular weight excluding hydrogens is 432 g/mol. The summed E-state index contributed by atoms with van der Waals surface area (Å²) in [5.74, 6) is 0.808. The zero-order valence-electron chi connectivity index (χ0n) is 18.0. The minimum atomic E-state index is -0.276. The van der Waals surface area contributed by atoms with E-state index in [2.05, 4.69) is 5.32 Å². The number of benzene rings is 4. The van der Waals surface area contributed by atoms with Crippen LogP contribution in [0.4, 0.5) is 11.4 Å².